The van der Waals surface area contributed by atoms with Gasteiger partial charge in [-0.05, 0) is 38.2 Å². The highest BCUT2D eigenvalue weighted by molar-refractivity contribution is 6.23. The second-order valence-electron chi connectivity index (χ2n) is 14.3. The van der Waals surface area contributed by atoms with Crippen LogP contribution in [0.2, 0.25) is 0 Å². The molecular formula is C41H63N3O14. The third-order valence-corrected chi connectivity index (χ3v) is 9.67. The summed E-state index contributed by atoms with van der Waals surface area (Å²) in [6.45, 7) is 10.9. The number of ketones is 2. The van der Waals surface area contributed by atoms with Crippen LogP contribution in [0.5, 0.6) is 0 Å². The van der Waals surface area contributed by atoms with Gasteiger partial charge in [0.1, 0.15) is 6.10 Å². The summed E-state index contributed by atoms with van der Waals surface area (Å²) in [6.07, 6.45) is 2.85. The van der Waals surface area contributed by atoms with Crippen LogP contribution in [-0.2, 0) is 57.0 Å². The zero-order chi connectivity index (χ0) is 42.5. The van der Waals surface area contributed by atoms with Crippen LogP contribution < -0.4 is 16.4 Å². The first kappa shape index (κ1) is 48.6. The van der Waals surface area contributed by atoms with Crippen molar-refractivity contribution in [1.82, 2.24) is 10.6 Å². The van der Waals surface area contributed by atoms with E-state index in [1.165, 1.54) is 20.3 Å². The first-order valence-electron chi connectivity index (χ1n) is 19.7. The fourth-order valence-electron chi connectivity index (χ4n) is 6.53. The maximum absolute atomic E-state index is 14.2. The number of aliphatic hydroxyl groups is 1. The third kappa shape index (κ3) is 16.5. The van der Waals surface area contributed by atoms with Crippen molar-refractivity contribution in [2.75, 3.05) is 93.4 Å². The summed E-state index contributed by atoms with van der Waals surface area (Å²) >= 11 is 0. The van der Waals surface area contributed by atoms with Crippen LogP contribution in [0.3, 0.4) is 0 Å². The summed E-state index contributed by atoms with van der Waals surface area (Å²) in [5, 5.41) is 17.2. The number of allylic oxidation sites excluding steroid dienone is 4. The van der Waals surface area contributed by atoms with Crippen LogP contribution in [-0.4, -0.2) is 153 Å². The highest BCUT2D eigenvalue weighted by Crippen LogP contribution is 2.29. The molecule has 17 heteroatoms. The van der Waals surface area contributed by atoms with Gasteiger partial charge in [-0.1, -0.05) is 38.2 Å². The largest absolute Gasteiger partial charge is 0.439 e. The summed E-state index contributed by atoms with van der Waals surface area (Å²) in [7, 11) is 2.91. The minimum atomic E-state index is -1.02. The number of hydrogen-bond acceptors (Lipinski definition) is 15. The Morgan fingerprint density at radius 3 is 2.10 bits per heavy atom. The van der Waals surface area contributed by atoms with E-state index in [0.29, 0.717) is 71.5 Å². The van der Waals surface area contributed by atoms with E-state index in [4.69, 9.17) is 48.4 Å². The normalized spacial score (nSPS) is 31.6. The lowest BCUT2D eigenvalue weighted by Crippen LogP contribution is -2.40. The Bertz CT molecular complexity index is 1490. The molecule has 0 aromatic heterocycles. The van der Waals surface area contributed by atoms with Gasteiger partial charge < -0.3 is 64.1 Å². The average molecular weight is 822 g/mol. The van der Waals surface area contributed by atoms with Gasteiger partial charge in [-0.25, -0.2) is 4.79 Å². The quantitative estimate of drug-likeness (QED) is 0.222. The molecule has 1 aliphatic carbocycles. The molecule has 3 aliphatic rings. The number of nitrogens with two attached hydrogens (primary N) is 1. The molecule has 3 rings (SSSR count). The Labute approximate surface area is 341 Å². The second-order valence-corrected chi connectivity index (χ2v) is 14.3. The van der Waals surface area contributed by atoms with Gasteiger partial charge in [0.25, 0.3) is 5.91 Å². The summed E-state index contributed by atoms with van der Waals surface area (Å²) < 4.78 is 50.9. The molecule has 1 saturated heterocycles. The number of Topliss-reactive ketones (excluding diaryl/α,β-unsaturated/α-hetero) is 1. The van der Waals surface area contributed by atoms with E-state index in [0.717, 1.165) is 6.08 Å². The molecule has 5 N–H and O–H groups in total. The van der Waals surface area contributed by atoms with Crippen molar-refractivity contribution in [3.8, 4) is 0 Å². The van der Waals surface area contributed by atoms with E-state index in [2.05, 4.69) is 10.6 Å². The Morgan fingerprint density at radius 1 is 0.914 bits per heavy atom. The van der Waals surface area contributed by atoms with Crippen molar-refractivity contribution in [3.05, 3.63) is 58.5 Å². The second kappa shape index (κ2) is 26.3. The third-order valence-electron chi connectivity index (χ3n) is 9.67. The van der Waals surface area contributed by atoms with Gasteiger partial charge in [0.15, 0.2) is 6.10 Å². The van der Waals surface area contributed by atoms with Crippen molar-refractivity contribution >= 4 is 23.6 Å². The smallest absolute Gasteiger partial charge is 0.405 e. The predicted molar refractivity (Wildman–Crippen MR) is 211 cm³/mol. The fraction of sp³-hybridized carbons (Fsp3) is 0.659. The Morgan fingerprint density at radius 2 is 1.52 bits per heavy atom. The van der Waals surface area contributed by atoms with E-state index in [1.807, 2.05) is 6.92 Å². The molecule has 1 fully saturated rings. The number of hydrogen-bond donors (Lipinski definition) is 4. The van der Waals surface area contributed by atoms with Crippen molar-refractivity contribution in [1.29, 1.82) is 0 Å². The van der Waals surface area contributed by atoms with Gasteiger partial charge in [-0.15, -0.1) is 0 Å². The average Bonchev–Trinajstić information content (AvgIpc) is 3.18. The van der Waals surface area contributed by atoms with E-state index < -0.39 is 60.0 Å². The molecule has 0 spiro atoms. The van der Waals surface area contributed by atoms with E-state index in [-0.39, 0.29) is 54.6 Å². The molecule has 0 aromatic carbocycles. The van der Waals surface area contributed by atoms with Gasteiger partial charge >= 0.3 is 6.09 Å². The molecule has 2 bridgehead atoms. The van der Waals surface area contributed by atoms with Crippen LogP contribution in [0.25, 0.3) is 0 Å². The first-order chi connectivity index (χ1) is 27.9. The maximum atomic E-state index is 14.2. The highest BCUT2D eigenvalue weighted by Gasteiger charge is 2.34. The number of carbonyl (C=O) groups is 4. The number of nitrogens with one attached hydrogen (secondary N) is 2. The molecule has 0 saturated carbocycles. The molecule has 326 valence electrons. The number of fused-ring (bicyclic) bond motifs is 2. The fourth-order valence-corrected chi connectivity index (χ4v) is 6.53. The van der Waals surface area contributed by atoms with Crippen molar-refractivity contribution < 1.29 is 66.9 Å². The van der Waals surface area contributed by atoms with Gasteiger partial charge in [0.05, 0.1) is 102 Å². The Balaban J connectivity index is 1.92. The van der Waals surface area contributed by atoms with Gasteiger partial charge in [-0.2, -0.15) is 0 Å². The van der Waals surface area contributed by atoms with Gasteiger partial charge in [0, 0.05) is 43.9 Å². The Kier molecular flexibility index (Phi) is 22.1. The van der Waals surface area contributed by atoms with Crippen molar-refractivity contribution in [2.24, 2.45) is 17.6 Å². The Hall–Kier alpha value is -3.78. The lowest BCUT2D eigenvalue weighted by molar-refractivity contribution is -0.120. The molecule has 58 heavy (non-hydrogen) atoms. The monoisotopic (exact) mass is 821 g/mol. The number of methoxy groups -OCH3 is 2. The predicted octanol–water partition coefficient (Wildman–Crippen LogP) is 1.83. The molecule has 17 nitrogen and oxygen atoms in total. The van der Waals surface area contributed by atoms with E-state index in [1.54, 1.807) is 39.0 Å². The van der Waals surface area contributed by atoms with E-state index >= 15 is 0 Å². The maximum Gasteiger partial charge on any atom is 0.405 e. The number of rotatable bonds is 6. The topological polar surface area (TPSA) is 222 Å². The molecular weight excluding hydrogens is 758 g/mol. The minimum absolute atomic E-state index is 0.0725. The lowest BCUT2D eigenvalue weighted by Gasteiger charge is -2.30. The molecule has 2 amide bonds. The molecule has 1 unspecified atom stereocenters. The number of aliphatic hydroxyl groups excluding tert-OH is 1. The van der Waals surface area contributed by atoms with Crippen LogP contribution in [0, 0.1) is 11.8 Å². The molecule has 2 heterocycles. The van der Waals surface area contributed by atoms with Crippen molar-refractivity contribution in [3.63, 3.8) is 0 Å². The summed E-state index contributed by atoms with van der Waals surface area (Å²) in [6, 6.07) is 0. The van der Waals surface area contributed by atoms with E-state index in [9.17, 15) is 24.3 Å². The lowest BCUT2D eigenvalue weighted by atomic mass is 9.85. The van der Waals surface area contributed by atoms with Gasteiger partial charge in [-0.3, -0.25) is 14.4 Å². The SMILES string of the molecule is CO[C@H]1/C=C\C=C(/C)C(=O)NC2=CC(=O)C(NCC3COCCOCCOCCOCCOCCO3)=C(C[C@@H](C)C[C@H](OC)[C@H](O)[C@@H](C)/C=C(\C)[C@@H]1OC(N)=O)C2=O. The zero-order valence-corrected chi connectivity index (χ0v) is 34.7. The van der Waals surface area contributed by atoms with Gasteiger partial charge in [0.2, 0.25) is 11.6 Å². The standard InChI is InChI=1S/C41H63N3O14/c1-26-20-31-36(43-24-30-25-56-17-16-54-13-12-52-10-11-53-14-15-55-18-19-57-30)33(45)23-32(38(31)47)44-40(48)27(2)8-7-9-34(50-5)39(58-41(42)49)29(4)22-28(3)37(46)35(21-26)51-6/h7-9,22-23,26,28,30,34-35,37,39,43,46H,10-21,24-25H2,1-6H3,(H2,42,49)(H,44,48)/b9-7-,27-8+,29-22+/t26-,28+,30?,34+,35+,37-,39+/m1/s1. The van der Waals surface area contributed by atoms with Crippen LogP contribution >= 0.6 is 0 Å². The minimum Gasteiger partial charge on any atom is -0.439 e. The molecule has 0 radical (unpaired) electrons. The van der Waals surface area contributed by atoms with Crippen LogP contribution in [0.15, 0.2) is 58.5 Å². The first-order valence-corrected chi connectivity index (χ1v) is 19.7. The summed E-state index contributed by atoms with van der Waals surface area (Å²) in [4.78, 5) is 53.2. The summed E-state index contributed by atoms with van der Waals surface area (Å²) in [5.41, 5.74) is 6.24. The molecule has 7 atom stereocenters. The zero-order valence-electron chi connectivity index (χ0n) is 34.7. The molecule has 0 aromatic rings. The number of ether oxygens (including phenoxy) is 9. The summed E-state index contributed by atoms with van der Waals surface area (Å²) in [5.74, 6) is -2.44. The number of primary amides is 1. The van der Waals surface area contributed by atoms with Crippen LogP contribution in [0.4, 0.5) is 4.79 Å². The van der Waals surface area contributed by atoms with Crippen LogP contribution in [0.1, 0.15) is 40.5 Å². The van der Waals surface area contributed by atoms with Crippen molar-refractivity contribution in [2.45, 2.75) is 71.1 Å². The number of amides is 2. The molecule has 2 aliphatic heterocycles. The highest BCUT2D eigenvalue weighted by atomic mass is 16.6. The number of carbonyl (C=O) groups excluding carboxylic acids is 4.